The summed E-state index contributed by atoms with van der Waals surface area (Å²) in [6, 6.07) is 0. The largest absolute Gasteiger partial charge is 0.377 e. The van der Waals surface area contributed by atoms with Crippen molar-refractivity contribution in [2.24, 2.45) is 0 Å². The Balaban J connectivity index is 3.09. The summed E-state index contributed by atoms with van der Waals surface area (Å²) < 4.78 is 26.3. The molecule has 8 nitrogen and oxygen atoms in total. The fourth-order valence-corrected chi connectivity index (χ4v) is 1.39. The lowest BCUT2D eigenvalue weighted by molar-refractivity contribution is -0.127. The topological polar surface area (TPSA) is 87.3 Å². The summed E-state index contributed by atoms with van der Waals surface area (Å²) in [7, 11) is 1.83. The van der Waals surface area contributed by atoms with Crippen LogP contribution < -0.4 is 10.6 Å². The highest BCUT2D eigenvalue weighted by Gasteiger charge is 2.02. The van der Waals surface area contributed by atoms with Gasteiger partial charge < -0.3 is 29.0 Å². The van der Waals surface area contributed by atoms with Crippen molar-refractivity contribution < 1.29 is 28.5 Å². The van der Waals surface area contributed by atoms with Crippen LogP contribution in [0.4, 0.5) is 0 Å². The van der Waals surface area contributed by atoms with Crippen molar-refractivity contribution >= 4 is 5.91 Å². The van der Waals surface area contributed by atoms with E-state index in [0.717, 1.165) is 0 Å². The van der Waals surface area contributed by atoms with Gasteiger partial charge in [0.05, 0.1) is 59.1 Å². The molecule has 0 unspecified atom stereocenters. The summed E-state index contributed by atoms with van der Waals surface area (Å²) in [6.07, 6.45) is 0.0546. The molecule has 0 bridgehead atoms. The van der Waals surface area contributed by atoms with Crippen molar-refractivity contribution in [3.63, 3.8) is 0 Å². The summed E-state index contributed by atoms with van der Waals surface area (Å²) in [4.78, 5) is 11.3. The number of hydrogen-bond acceptors (Lipinski definition) is 7. The van der Waals surface area contributed by atoms with Gasteiger partial charge in [0.25, 0.3) is 0 Å². The van der Waals surface area contributed by atoms with Crippen molar-refractivity contribution in [3.05, 3.63) is 0 Å². The Morgan fingerprint density at radius 1 is 0.870 bits per heavy atom. The summed E-state index contributed by atoms with van der Waals surface area (Å²) >= 11 is 0. The molecule has 0 fully saturated rings. The predicted molar refractivity (Wildman–Crippen MR) is 86.4 cm³/mol. The maximum atomic E-state index is 11.3. The number of nitrogens with one attached hydrogen (secondary N) is 2. The third kappa shape index (κ3) is 19.2. The number of rotatable bonds is 17. The van der Waals surface area contributed by atoms with E-state index in [1.54, 1.807) is 0 Å². The van der Waals surface area contributed by atoms with Crippen molar-refractivity contribution in [2.75, 3.05) is 73.2 Å². The monoisotopic (exact) mass is 336 g/mol. The Morgan fingerprint density at radius 2 is 1.39 bits per heavy atom. The van der Waals surface area contributed by atoms with Gasteiger partial charge in [-0.05, 0) is 20.9 Å². The second kappa shape index (κ2) is 17.6. The first-order valence-corrected chi connectivity index (χ1v) is 8.00. The molecule has 0 aliphatic carbocycles. The maximum absolute atomic E-state index is 11.3. The lowest BCUT2D eigenvalue weighted by Crippen LogP contribution is -2.31. The Morgan fingerprint density at radius 3 is 1.91 bits per heavy atom. The zero-order chi connectivity index (χ0) is 17.2. The van der Waals surface area contributed by atoms with Gasteiger partial charge in [-0.2, -0.15) is 0 Å². The number of carbonyl (C=O) groups is 1. The smallest absolute Gasteiger partial charge is 0.246 e. The molecule has 0 aliphatic heterocycles. The Labute approximate surface area is 139 Å². The Kier molecular flexibility index (Phi) is 17.0. The highest BCUT2D eigenvalue weighted by molar-refractivity contribution is 5.77. The number of carbonyl (C=O) groups excluding carboxylic acids is 1. The molecule has 0 atom stereocenters. The normalized spacial score (nSPS) is 11.1. The fraction of sp³-hybridized carbons (Fsp3) is 0.933. The zero-order valence-corrected chi connectivity index (χ0v) is 14.6. The van der Waals surface area contributed by atoms with Gasteiger partial charge in [-0.3, -0.25) is 10.1 Å². The second-order valence-electron chi connectivity index (χ2n) is 4.95. The minimum absolute atomic E-state index is 0.0546. The van der Waals surface area contributed by atoms with Crippen molar-refractivity contribution in [1.29, 1.82) is 0 Å². The molecule has 0 aliphatic rings. The molecule has 0 radical (unpaired) electrons. The summed E-state index contributed by atoms with van der Waals surface area (Å²) in [5, 5.41) is 5.59. The quantitative estimate of drug-likeness (QED) is 0.280. The van der Waals surface area contributed by atoms with Crippen LogP contribution in [0.25, 0.3) is 0 Å². The number of ether oxygens (including phenoxy) is 5. The van der Waals surface area contributed by atoms with Gasteiger partial charge in [-0.1, -0.05) is 0 Å². The van der Waals surface area contributed by atoms with Gasteiger partial charge in [0.1, 0.15) is 6.61 Å². The van der Waals surface area contributed by atoms with E-state index in [9.17, 15) is 4.79 Å². The predicted octanol–water partition coefficient (Wildman–Crippen LogP) is -0.229. The van der Waals surface area contributed by atoms with Crippen LogP contribution >= 0.6 is 0 Å². The van der Waals surface area contributed by atoms with E-state index < -0.39 is 0 Å². The van der Waals surface area contributed by atoms with E-state index in [0.29, 0.717) is 59.5 Å². The van der Waals surface area contributed by atoms with Gasteiger partial charge in [0.15, 0.2) is 0 Å². The first-order chi connectivity index (χ1) is 11.2. The molecule has 0 aromatic rings. The van der Waals surface area contributed by atoms with E-state index in [1.165, 1.54) is 0 Å². The standard InChI is InChI=1S/C15H32N2O6/c1-14(2)23-12-15(18)17-4-5-19-6-7-20-8-9-21-10-11-22-13-16-3/h14,16H,4-13H2,1-3H3,(H,17,18). The first-order valence-electron chi connectivity index (χ1n) is 8.00. The van der Waals surface area contributed by atoms with Gasteiger partial charge in [0.2, 0.25) is 5.91 Å². The van der Waals surface area contributed by atoms with Crippen molar-refractivity contribution in [2.45, 2.75) is 20.0 Å². The van der Waals surface area contributed by atoms with Gasteiger partial charge in [-0.25, -0.2) is 0 Å². The fourth-order valence-electron chi connectivity index (χ4n) is 1.39. The van der Waals surface area contributed by atoms with Crippen LogP contribution in [0.5, 0.6) is 0 Å². The minimum atomic E-state index is -0.130. The van der Waals surface area contributed by atoms with Crippen LogP contribution in [0.1, 0.15) is 13.8 Å². The molecule has 0 rings (SSSR count). The molecule has 2 N–H and O–H groups in total. The lowest BCUT2D eigenvalue weighted by Gasteiger charge is -2.09. The second-order valence-corrected chi connectivity index (χ2v) is 4.95. The van der Waals surface area contributed by atoms with E-state index in [-0.39, 0.29) is 18.6 Å². The van der Waals surface area contributed by atoms with Gasteiger partial charge in [0, 0.05) is 6.54 Å². The molecule has 0 aromatic carbocycles. The van der Waals surface area contributed by atoms with Crippen LogP contribution in [-0.4, -0.2) is 85.2 Å². The minimum Gasteiger partial charge on any atom is -0.377 e. The van der Waals surface area contributed by atoms with Gasteiger partial charge >= 0.3 is 0 Å². The number of amides is 1. The summed E-state index contributed by atoms with van der Waals surface area (Å²) in [5.41, 5.74) is 0. The Hall–Kier alpha value is -0.770. The van der Waals surface area contributed by atoms with E-state index in [2.05, 4.69) is 10.6 Å². The molecule has 0 heterocycles. The average Bonchev–Trinajstić information content (AvgIpc) is 2.53. The van der Waals surface area contributed by atoms with Crippen LogP contribution in [0.15, 0.2) is 0 Å². The molecule has 23 heavy (non-hydrogen) atoms. The Bertz CT molecular complexity index is 266. The van der Waals surface area contributed by atoms with Crippen LogP contribution in [0, 0.1) is 0 Å². The molecule has 8 heteroatoms. The third-order valence-corrected chi connectivity index (χ3v) is 2.48. The molecule has 0 saturated carbocycles. The summed E-state index contributed by atoms with van der Waals surface area (Å²) in [5.74, 6) is -0.130. The SMILES string of the molecule is CNCOCCOCCOCCOCCNC(=O)COC(C)C. The highest BCUT2D eigenvalue weighted by Crippen LogP contribution is 1.86. The molecule has 0 aromatic heterocycles. The van der Waals surface area contributed by atoms with E-state index in [4.69, 9.17) is 23.7 Å². The summed E-state index contributed by atoms with van der Waals surface area (Å²) in [6.45, 7) is 8.49. The van der Waals surface area contributed by atoms with Crippen molar-refractivity contribution in [1.82, 2.24) is 10.6 Å². The molecule has 0 saturated heterocycles. The molecule has 0 spiro atoms. The maximum Gasteiger partial charge on any atom is 0.246 e. The molecule has 1 amide bonds. The average molecular weight is 336 g/mol. The van der Waals surface area contributed by atoms with Gasteiger partial charge in [-0.15, -0.1) is 0 Å². The van der Waals surface area contributed by atoms with Crippen LogP contribution in [0.2, 0.25) is 0 Å². The highest BCUT2D eigenvalue weighted by atomic mass is 16.6. The zero-order valence-electron chi connectivity index (χ0n) is 14.6. The molecular weight excluding hydrogens is 304 g/mol. The number of hydrogen-bond donors (Lipinski definition) is 2. The van der Waals surface area contributed by atoms with E-state index in [1.807, 2.05) is 20.9 Å². The lowest BCUT2D eigenvalue weighted by atomic mass is 10.5. The van der Waals surface area contributed by atoms with Crippen molar-refractivity contribution in [3.8, 4) is 0 Å². The first kappa shape index (κ1) is 22.2. The molecular formula is C15H32N2O6. The van der Waals surface area contributed by atoms with Crippen LogP contribution in [0.3, 0.4) is 0 Å². The van der Waals surface area contributed by atoms with E-state index >= 15 is 0 Å². The third-order valence-electron chi connectivity index (χ3n) is 2.48. The molecule has 138 valence electrons. The van der Waals surface area contributed by atoms with Crippen LogP contribution in [-0.2, 0) is 28.5 Å².